The molecule has 0 amide bonds. The lowest BCUT2D eigenvalue weighted by molar-refractivity contribution is 2.29. The molecule has 1 heterocycles. The van der Waals surface area contributed by atoms with E-state index in [1.165, 1.54) is 8.20 Å². The van der Waals surface area contributed by atoms with Crippen molar-refractivity contribution in [2.75, 3.05) is 6.66 Å². The molecule has 0 aromatic heterocycles. The van der Waals surface area contributed by atoms with Crippen molar-refractivity contribution in [3.05, 3.63) is 11.9 Å². The summed E-state index contributed by atoms with van der Waals surface area (Å²) in [5.41, 5.74) is 5.48. The monoisotopic (exact) mass is 128 g/mol. The molecular weight excluding hydrogens is 122 g/mol. The first kappa shape index (κ1) is 5.13. The molecule has 0 bridgehead atoms. The van der Waals surface area contributed by atoms with Crippen molar-refractivity contribution in [1.82, 2.24) is 0 Å². The Hall–Kier alpha value is -0.0100. The highest BCUT2D eigenvalue weighted by atomic mass is 31.1. The normalized spacial score (nSPS) is 23.3. The van der Waals surface area contributed by atoms with Gasteiger partial charge in [0.15, 0.2) is 0 Å². The number of rotatable bonds is 0. The third-order valence-corrected chi connectivity index (χ3v) is 3.48. The smallest absolute Gasteiger partial charge is 0.00795 e. The highest BCUT2D eigenvalue weighted by Crippen LogP contribution is 2.17. The van der Waals surface area contributed by atoms with E-state index in [0.717, 1.165) is 0 Å². The van der Waals surface area contributed by atoms with E-state index < -0.39 is 0 Å². The minimum Gasteiger partial charge on any atom is -0.0981 e. The first-order chi connectivity index (χ1) is 3.39. The van der Waals surface area contributed by atoms with Gasteiger partial charge in [0.05, 0.1) is 0 Å². The number of allylic oxidation sites excluding steroid dienone is 1. The summed E-state index contributed by atoms with van der Waals surface area (Å²) in [5, 5.41) is 0. The second-order valence-electron chi connectivity index (χ2n) is 1.32. The summed E-state index contributed by atoms with van der Waals surface area (Å²) >= 11 is 0. The van der Waals surface area contributed by atoms with Gasteiger partial charge in [-0.05, 0) is 24.1 Å². The first-order valence-electron chi connectivity index (χ1n) is 2.07. The van der Waals surface area contributed by atoms with Gasteiger partial charge in [-0.2, -0.15) is 0 Å². The highest BCUT2D eigenvalue weighted by molar-refractivity contribution is 7.75. The molecule has 0 fully saturated rings. The third-order valence-electron chi connectivity index (χ3n) is 0.679. The lowest BCUT2D eigenvalue weighted by atomic mass is 10.8. The molecule has 0 aliphatic carbocycles. The maximum absolute atomic E-state index is 3.20. The van der Waals surface area contributed by atoms with Crippen LogP contribution in [0.4, 0.5) is 0 Å². The topological polar surface area (TPSA) is 0 Å². The van der Waals surface area contributed by atoms with Crippen LogP contribution in [0.2, 0.25) is 0 Å². The van der Waals surface area contributed by atoms with Crippen molar-refractivity contribution in [1.29, 1.82) is 0 Å². The van der Waals surface area contributed by atoms with Crippen LogP contribution in [-0.4, -0.2) is 12.2 Å². The van der Waals surface area contributed by atoms with Crippen molar-refractivity contribution in [3.8, 4) is 5.63 Å². The quantitative estimate of drug-likeness (QED) is 0.439. The molecular formula is C5H6P2. The summed E-state index contributed by atoms with van der Waals surface area (Å²) in [4.78, 5) is 0. The van der Waals surface area contributed by atoms with E-state index in [1.807, 2.05) is 6.08 Å². The molecule has 1 unspecified atom stereocenters. The second-order valence-corrected chi connectivity index (χ2v) is 4.32. The molecule has 7 heavy (non-hydrogen) atoms. The van der Waals surface area contributed by atoms with Gasteiger partial charge in [-0.15, -0.1) is 0 Å². The van der Waals surface area contributed by atoms with E-state index in [1.54, 1.807) is 0 Å². The summed E-state index contributed by atoms with van der Waals surface area (Å²) < 4.78 is 0. The maximum Gasteiger partial charge on any atom is -0.00795 e. The Balaban J connectivity index is 2.96. The van der Waals surface area contributed by atoms with Gasteiger partial charge in [-0.25, -0.2) is 0 Å². The fourth-order valence-electron chi connectivity index (χ4n) is 0.366. The Kier molecular flexibility index (Phi) is 1.71. The maximum atomic E-state index is 3.20. The van der Waals surface area contributed by atoms with Crippen molar-refractivity contribution in [3.63, 3.8) is 0 Å². The van der Waals surface area contributed by atoms with Gasteiger partial charge in [0, 0.05) is 0 Å². The van der Waals surface area contributed by atoms with E-state index in [4.69, 9.17) is 0 Å². The third kappa shape index (κ3) is 1.49. The van der Waals surface area contributed by atoms with Crippen LogP contribution < -0.4 is 0 Å². The number of hydrogen-bond donors (Lipinski definition) is 0. The molecule has 1 aliphatic rings. The number of hydrogen-bond acceptors (Lipinski definition) is 0. The molecule has 0 spiro atoms. The van der Waals surface area contributed by atoms with Crippen LogP contribution in [0.5, 0.6) is 0 Å². The Morgan fingerprint density at radius 2 is 2.57 bits per heavy atom. The Morgan fingerprint density at radius 3 is 2.86 bits per heavy atom. The second kappa shape index (κ2) is 2.34. The SMILES string of the molecule is CP1#CC=CP=C1. The van der Waals surface area contributed by atoms with Crippen LogP contribution in [0.1, 0.15) is 0 Å². The fraction of sp³-hybridized carbons (Fsp3) is 0.200. The lowest BCUT2D eigenvalue weighted by Crippen LogP contribution is -1.55. The van der Waals surface area contributed by atoms with Crippen LogP contribution >= 0.6 is 15.6 Å². The minimum atomic E-state index is 0.0342. The molecule has 0 saturated heterocycles. The molecule has 2 heteroatoms. The van der Waals surface area contributed by atoms with Crippen LogP contribution in [0.3, 0.4) is 0 Å². The summed E-state index contributed by atoms with van der Waals surface area (Å²) in [6.45, 7) is 2.20. The lowest BCUT2D eigenvalue weighted by Gasteiger charge is -1.83. The zero-order valence-corrected chi connectivity index (χ0v) is 5.92. The zero-order valence-electron chi connectivity index (χ0n) is 4.13. The van der Waals surface area contributed by atoms with Crippen LogP contribution in [0.15, 0.2) is 11.9 Å². The summed E-state index contributed by atoms with van der Waals surface area (Å²) in [7, 11) is 1.39. The highest BCUT2D eigenvalue weighted by Gasteiger charge is 1.74. The van der Waals surface area contributed by atoms with E-state index in [0.29, 0.717) is 0 Å². The van der Waals surface area contributed by atoms with Gasteiger partial charge in [0.2, 0.25) is 0 Å². The van der Waals surface area contributed by atoms with E-state index >= 15 is 0 Å². The molecule has 0 aromatic carbocycles. The first-order valence-corrected chi connectivity index (χ1v) is 4.96. The van der Waals surface area contributed by atoms with Crippen molar-refractivity contribution in [2.45, 2.75) is 0 Å². The van der Waals surface area contributed by atoms with Crippen LogP contribution in [-0.2, 0) is 0 Å². The molecule has 0 nitrogen and oxygen atoms in total. The van der Waals surface area contributed by atoms with E-state index in [2.05, 4.69) is 23.6 Å². The molecule has 1 rings (SSSR count). The molecule has 0 radical (unpaired) electrons. The van der Waals surface area contributed by atoms with Crippen molar-refractivity contribution >= 4 is 21.1 Å². The van der Waals surface area contributed by atoms with E-state index in [-0.39, 0.29) is 7.38 Å². The average Bonchev–Trinajstić information content (AvgIpc) is 1.69. The van der Waals surface area contributed by atoms with E-state index in [9.17, 15) is 0 Å². The molecule has 0 saturated carbocycles. The Bertz CT molecular complexity index is 187. The standard InChI is InChI=1S/C5H6P2/c1-7-4-2-3-6-5-7/h2-3,5H,1H3. The average molecular weight is 128 g/mol. The molecule has 0 N–H and O–H groups in total. The molecule has 36 valence electrons. The van der Waals surface area contributed by atoms with Gasteiger partial charge in [0.1, 0.15) is 0 Å². The van der Waals surface area contributed by atoms with Gasteiger partial charge in [-0.3, -0.25) is 0 Å². The predicted octanol–water partition coefficient (Wildman–Crippen LogP) is 2.29. The minimum absolute atomic E-state index is 0.0342. The Labute approximate surface area is 46.1 Å². The summed E-state index contributed by atoms with van der Waals surface area (Å²) in [6, 6.07) is 0. The van der Waals surface area contributed by atoms with Crippen LogP contribution in [0, 0.1) is 5.63 Å². The molecule has 0 aromatic rings. The summed E-state index contributed by atoms with van der Waals surface area (Å²) in [6.07, 6.45) is 2.02. The van der Waals surface area contributed by atoms with Crippen molar-refractivity contribution in [2.24, 2.45) is 0 Å². The molecule has 1 aliphatic heterocycles. The van der Waals surface area contributed by atoms with Gasteiger partial charge >= 0.3 is 0 Å². The van der Waals surface area contributed by atoms with Gasteiger partial charge in [0.25, 0.3) is 0 Å². The largest absolute Gasteiger partial charge is 0.0981 e. The van der Waals surface area contributed by atoms with Gasteiger partial charge < -0.3 is 0 Å². The molecule has 1 atom stereocenters. The summed E-state index contributed by atoms with van der Waals surface area (Å²) in [5.74, 6) is 2.10. The Morgan fingerprint density at radius 1 is 1.71 bits per heavy atom. The van der Waals surface area contributed by atoms with Gasteiger partial charge in [-0.1, -0.05) is 21.2 Å². The van der Waals surface area contributed by atoms with Crippen molar-refractivity contribution < 1.29 is 0 Å². The zero-order chi connectivity index (χ0) is 5.11. The van der Waals surface area contributed by atoms with Crippen LogP contribution in [0.25, 0.3) is 0 Å². The predicted molar refractivity (Wildman–Crippen MR) is 38.9 cm³/mol. The fourth-order valence-corrected chi connectivity index (χ4v) is 2.33.